The maximum absolute atomic E-state index is 12.2. The van der Waals surface area contributed by atoms with Crippen molar-refractivity contribution in [2.75, 3.05) is 27.8 Å². The fourth-order valence-electron chi connectivity index (χ4n) is 3.98. The van der Waals surface area contributed by atoms with Crippen molar-refractivity contribution in [2.24, 2.45) is 5.92 Å². The maximum atomic E-state index is 12.2. The number of carbonyl (C=O) groups is 2. The summed E-state index contributed by atoms with van der Waals surface area (Å²) in [6.07, 6.45) is -3.77. The van der Waals surface area contributed by atoms with Gasteiger partial charge in [0.15, 0.2) is 0 Å². The molecule has 1 aliphatic rings. The lowest BCUT2D eigenvalue weighted by molar-refractivity contribution is -0.207. The standard InChI is InChI=1S/C26H30N2O7/c1-14-21(13-29)35-24(23(31)22(14)30)17-7-8-20(34-4)16(11-17)6-5-15-9-18(25(32)27-2)12-19(10-15)26(33)28-3/h7-12,14,21-24,29-31H,13H2,1-4H3,(H,27,32)(H,28,33). The highest BCUT2D eigenvalue weighted by atomic mass is 16.5. The predicted molar refractivity (Wildman–Crippen MR) is 128 cm³/mol. The number of carbonyl (C=O) groups excluding carboxylic acids is 2. The molecule has 0 saturated carbocycles. The lowest BCUT2D eigenvalue weighted by Gasteiger charge is -2.41. The molecule has 1 saturated heterocycles. The topological polar surface area (TPSA) is 137 Å². The molecule has 5 unspecified atom stereocenters. The van der Waals surface area contributed by atoms with Crippen molar-refractivity contribution in [1.82, 2.24) is 10.6 Å². The van der Waals surface area contributed by atoms with Crippen LogP contribution in [-0.2, 0) is 4.74 Å². The molecule has 1 fully saturated rings. The van der Waals surface area contributed by atoms with Gasteiger partial charge in [0, 0.05) is 36.7 Å². The summed E-state index contributed by atoms with van der Waals surface area (Å²) in [6, 6.07) is 9.68. The number of rotatable bonds is 5. The van der Waals surface area contributed by atoms with E-state index in [2.05, 4.69) is 22.5 Å². The van der Waals surface area contributed by atoms with Crippen LogP contribution in [0.2, 0.25) is 0 Å². The van der Waals surface area contributed by atoms with E-state index in [9.17, 15) is 24.9 Å². The van der Waals surface area contributed by atoms with Crippen molar-refractivity contribution in [2.45, 2.75) is 31.3 Å². The van der Waals surface area contributed by atoms with Gasteiger partial charge in [-0.2, -0.15) is 0 Å². The Kier molecular flexibility index (Phi) is 8.48. The zero-order valence-electron chi connectivity index (χ0n) is 20.0. The van der Waals surface area contributed by atoms with Gasteiger partial charge in [-0.25, -0.2) is 0 Å². The molecule has 3 rings (SSSR count). The lowest BCUT2D eigenvalue weighted by Crippen LogP contribution is -2.50. The quantitative estimate of drug-likeness (QED) is 0.394. The first-order valence-electron chi connectivity index (χ1n) is 11.2. The fourth-order valence-corrected chi connectivity index (χ4v) is 3.98. The van der Waals surface area contributed by atoms with Crippen molar-refractivity contribution in [3.8, 4) is 17.6 Å². The maximum Gasteiger partial charge on any atom is 0.251 e. The van der Waals surface area contributed by atoms with E-state index in [4.69, 9.17) is 9.47 Å². The number of hydrogen-bond donors (Lipinski definition) is 5. The van der Waals surface area contributed by atoms with Crippen LogP contribution in [0, 0.1) is 17.8 Å². The molecular formula is C26H30N2O7. The van der Waals surface area contributed by atoms with Crippen LogP contribution in [0.1, 0.15) is 50.4 Å². The van der Waals surface area contributed by atoms with E-state index < -0.39 is 30.3 Å². The molecular weight excluding hydrogens is 452 g/mol. The molecule has 2 amide bonds. The molecule has 186 valence electrons. The lowest BCUT2D eigenvalue weighted by atomic mass is 9.85. The number of amides is 2. The van der Waals surface area contributed by atoms with Gasteiger partial charge in [0.05, 0.1) is 31.5 Å². The van der Waals surface area contributed by atoms with Crippen LogP contribution in [0.25, 0.3) is 0 Å². The minimum Gasteiger partial charge on any atom is -0.495 e. The second-order valence-corrected chi connectivity index (χ2v) is 8.29. The Labute approximate surface area is 204 Å². The predicted octanol–water partition coefficient (Wildman–Crippen LogP) is 0.604. The average Bonchev–Trinajstić information content (AvgIpc) is 2.89. The summed E-state index contributed by atoms with van der Waals surface area (Å²) >= 11 is 0. The van der Waals surface area contributed by atoms with Gasteiger partial charge in [0.2, 0.25) is 0 Å². The molecule has 5 atom stereocenters. The van der Waals surface area contributed by atoms with Crippen molar-refractivity contribution in [1.29, 1.82) is 0 Å². The van der Waals surface area contributed by atoms with E-state index >= 15 is 0 Å². The molecule has 2 aromatic carbocycles. The molecule has 9 nitrogen and oxygen atoms in total. The fraction of sp³-hybridized carbons (Fsp3) is 0.385. The largest absolute Gasteiger partial charge is 0.495 e. The summed E-state index contributed by atoms with van der Waals surface area (Å²) in [6.45, 7) is 1.41. The zero-order valence-corrected chi connectivity index (χ0v) is 20.0. The van der Waals surface area contributed by atoms with Crippen molar-refractivity contribution in [3.05, 3.63) is 64.2 Å². The summed E-state index contributed by atoms with van der Waals surface area (Å²) in [5.41, 5.74) is 2.04. The monoisotopic (exact) mass is 482 g/mol. The van der Waals surface area contributed by atoms with Crippen molar-refractivity contribution < 1.29 is 34.4 Å². The molecule has 9 heteroatoms. The minimum absolute atomic E-state index is 0.287. The SMILES string of the molecule is CNC(=O)c1cc(C#Cc2cc(C3OC(CO)C(C)C(O)C3O)ccc2OC)cc(C(=O)NC)c1. The van der Waals surface area contributed by atoms with E-state index in [0.29, 0.717) is 22.4 Å². The van der Waals surface area contributed by atoms with E-state index in [1.807, 2.05) is 0 Å². The first-order chi connectivity index (χ1) is 16.7. The summed E-state index contributed by atoms with van der Waals surface area (Å²) in [5, 5.41) is 35.7. The Balaban J connectivity index is 2.02. The van der Waals surface area contributed by atoms with Gasteiger partial charge < -0.3 is 35.4 Å². The zero-order chi connectivity index (χ0) is 25.7. The Morgan fingerprint density at radius 1 is 1.00 bits per heavy atom. The molecule has 0 aliphatic carbocycles. The van der Waals surface area contributed by atoms with Crippen LogP contribution >= 0.6 is 0 Å². The third-order valence-corrected chi connectivity index (χ3v) is 6.09. The Hall–Kier alpha value is -3.42. The summed E-state index contributed by atoms with van der Waals surface area (Å²) < 4.78 is 11.3. The number of aliphatic hydroxyl groups is 3. The van der Waals surface area contributed by atoms with E-state index in [1.54, 1.807) is 37.3 Å². The number of hydrogen-bond acceptors (Lipinski definition) is 7. The minimum atomic E-state index is -1.19. The van der Waals surface area contributed by atoms with Crippen LogP contribution in [0.4, 0.5) is 0 Å². The first-order valence-corrected chi connectivity index (χ1v) is 11.2. The van der Waals surface area contributed by atoms with E-state index in [0.717, 1.165) is 0 Å². The van der Waals surface area contributed by atoms with Crippen LogP contribution in [-0.4, -0.2) is 73.3 Å². The van der Waals surface area contributed by atoms with E-state index in [1.165, 1.54) is 27.3 Å². The van der Waals surface area contributed by atoms with Crippen LogP contribution in [0.3, 0.4) is 0 Å². The highest BCUT2D eigenvalue weighted by Gasteiger charge is 2.42. The van der Waals surface area contributed by atoms with Gasteiger partial charge >= 0.3 is 0 Å². The third-order valence-electron chi connectivity index (χ3n) is 6.09. The second-order valence-electron chi connectivity index (χ2n) is 8.29. The average molecular weight is 483 g/mol. The number of methoxy groups -OCH3 is 1. The molecule has 5 N–H and O–H groups in total. The highest BCUT2D eigenvalue weighted by molar-refractivity contribution is 6.00. The van der Waals surface area contributed by atoms with Crippen LogP contribution in [0.5, 0.6) is 5.75 Å². The molecule has 0 spiro atoms. The van der Waals surface area contributed by atoms with Gasteiger partial charge in [-0.05, 0) is 35.9 Å². The van der Waals surface area contributed by atoms with Gasteiger partial charge in [0.25, 0.3) is 11.8 Å². The summed E-state index contributed by atoms with van der Waals surface area (Å²) in [7, 11) is 4.49. The summed E-state index contributed by atoms with van der Waals surface area (Å²) in [4.78, 5) is 24.3. The normalized spacial score (nSPS) is 23.6. The summed E-state index contributed by atoms with van der Waals surface area (Å²) in [5.74, 6) is 5.29. The first kappa shape index (κ1) is 26.2. The number of benzene rings is 2. The van der Waals surface area contributed by atoms with Gasteiger partial charge in [-0.15, -0.1) is 0 Å². The third kappa shape index (κ3) is 5.63. The van der Waals surface area contributed by atoms with Crippen LogP contribution in [0.15, 0.2) is 36.4 Å². The highest BCUT2D eigenvalue weighted by Crippen LogP contribution is 2.36. The number of ether oxygens (including phenoxy) is 2. The number of nitrogens with one attached hydrogen (secondary N) is 2. The Bertz CT molecular complexity index is 1120. The van der Waals surface area contributed by atoms with E-state index in [-0.39, 0.29) is 29.5 Å². The van der Waals surface area contributed by atoms with Gasteiger partial charge in [0.1, 0.15) is 18.0 Å². The smallest absolute Gasteiger partial charge is 0.251 e. The Morgan fingerprint density at radius 3 is 2.17 bits per heavy atom. The molecule has 35 heavy (non-hydrogen) atoms. The van der Waals surface area contributed by atoms with Crippen molar-refractivity contribution in [3.63, 3.8) is 0 Å². The Morgan fingerprint density at radius 2 is 1.63 bits per heavy atom. The van der Waals surface area contributed by atoms with Crippen LogP contribution < -0.4 is 15.4 Å². The number of aliphatic hydroxyl groups excluding tert-OH is 3. The molecule has 1 heterocycles. The molecule has 0 bridgehead atoms. The second kappa shape index (κ2) is 11.3. The van der Waals surface area contributed by atoms with Gasteiger partial charge in [-0.1, -0.05) is 24.8 Å². The van der Waals surface area contributed by atoms with Crippen molar-refractivity contribution >= 4 is 11.8 Å². The molecule has 0 radical (unpaired) electrons. The molecule has 1 aliphatic heterocycles. The molecule has 0 aromatic heterocycles. The molecule has 2 aromatic rings. The van der Waals surface area contributed by atoms with Gasteiger partial charge in [-0.3, -0.25) is 9.59 Å².